The quantitative estimate of drug-likeness (QED) is 0.619. The van der Waals surface area contributed by atoms with Crippen molar-refractivity contribution in [3.63, 3.8) is 0 Å². The van der Waals surface area contributed by atoms with Gasteiger partial charge in [0.05, 0.1) is 25.4 Å². The first-order valence-corrected chi connectivity index (χ1v) is 8.54. The average molecular weight is 319 g/mol. The van der Waals surface area contributed by atoms with Gasteiger partial charge in [-0.1, -0.05) is 12.1 Å². The molecule has 5 heteroatoms. The Labute approximate surface area is 135 Å². The summed E-state index contributed by atoms with van der Waals surface area (Å²) in [5.41, 5.74) is 0. The third-order valence-corrected chi connectivity index (χ3v) is 5.02. The second-order valence-corrected chi connectivity index (χ2v) is 6.50. The third kappa shape index (κ3) is 3.32. The Morgan fingerprint density at radius 2 is 2.45 bits per heavy atom. The van der Waals surface area contributed by atoms with Gasteiger partial charge in [0.25, 0.3) is 0 Å². The number of fused-ring (bicyclic) bond motifs is 1. The predicted molar refractivity (Wildman–Crippen MR) is 87.8 cm³/mol. The predicted octanol–water partition coefficient (Wildman–Crippen LogP) is 2.72. The molecule has 1 aliphatic heterocycles. The summed E-state index contributed by atoms with van der Waals surface area (Å²) in [7, 11) is 0. The van der Waals surface area contributed by atoms with Crippen molar-refractivity contribution in [3.8, 4) is 0 Å². The molecule has 1 saturated heterocycles. The van der Waals surface area contributed by atoms with Crippen LogP contribution in [-0.4, -0.2) is 48.8 Å². The second kappa shape index (κ2) is 7.22. The molecule has 3 atom stereocenters. The van der Waals surface area contributed by atoms with E-state index in [9.17, 15) is 4.79 Å². The summed E-state index contributed by atoms with van der Waals surface area (Å²) in [6.07, 6.45) is 7.24. The zero-order valence-electron chi connectivity index (χ0n) is 12.5. The molecule has 1 aromatic heterocycles. The molecule has 4 nitrogen and oxygen atoms in total. The van der Waals surface area contributed by atoms with Gasteiger partial charge in [0, 0.05) is 17.5 Å². The van der Waals surface area contributed by atoms with Gasteiger partial charge in [-0.2, -0.15) is 0 Å². The van der Waals surface area contributed by atoms with Gasteiger partial charge >= 0.3 is 0 Å². The van der Waals surface area contributed by atoms with Crippen molar-refractivity contribution in [1.29, 1.82) is 0 Å². The van der Waals surface area contributed by atoms with Crippen LogP contribution < -0.4 is 0 Å². The van der Waals surface area contributed by atoms with Crippen LogP contribution in [0.1, 0.15) is 17.7 Å². The minimum atomic E-state index is -0.00668. The fourth-order valence-corrected chi connectivity index (χ4v) is 3.81. The normalized spacial score (nSPS) is 28.0. The van der Waals surface area contributed by atoms with Crippen LogP contribution >= 0.6 is 11.3 Å². The van der Waals surface area contributed by atoms with Gasteiger partial charge in [-0.15, -0.1) is 17.9 Å². The summed E-state index contributed by atoms with van der Waals surface area (Å²) in [6, 6.07) is 4.12. The number of carbonyl (C=O) groups excluding carboxylic acids is 1. The van der Waals surface area contributed by atoms with Crippen molar-refractivity contribution in [2.75, 3.05) is 19.8 Å². The maximum Gasteiger partial charge on any atom is 0.247 e. The van der Waals surface area contributed by atoms with Gasteiger partial charge in [-0.05, 0) is 30.4 Å². The SMILES string of the molecule is C=CCO[C@@H]1CC[C@@H]2[C@@H]1OCCN2C(=O)/C=C/c1cccs1. The molecule has 0 aromatic carbocycles. The number of hydrogen-bond acceptors (Lipinski definition) is 4. The molecule has 0 bridgehead atoms. The van der Waals surface area contributed by atoms with E-state index in [4.69, 9.17) is 9.47 Å². The molecule has 1 saturated carbocycles. The Morgan fingerprint density at radius 3 is 3.23 bits per heavy atom. The van der Waals surface area contributed by atoms with Crippen molar-refractivity contribution < 1.29 is 14.3 Å². The van der Waals surface area contributed by atoms with Crippen LogP contribution in [0.2, 0.25) is 0 Å². The van der Waals surface area contributed by atoms with E-state index in [-0.39, 0.29) is 24.2 Å². The number of morpholine rings is 1. The van der Waals surface area contributed by atoms with Crippen LogP contribution in [0.5, 0.6) is 0 Å². The van der Waals surface area contributed by atoms with E-state index in [0.29, 0.717) is 19.8 Å². The van der Waals surface area contributed by atoms with E-state index in [1.54, 1.807) is 23.5 Å². The molecule has 3 rings (SSSR count). The molecule has 118 valence electrons. The Hall–Kier alpha value is -1.43. The van der Waals surface area contributed by atoms with Gasteiger partial charge in [-0.25, -0.2) is 0 Å². The van der Waals surface area contributed by atoms with E-state index in [1.165, 1.54) is 0 Å². The molecule has 0 spiro atoms. The molecule has 0 unspecified atom stereocenters. The molecule has 2 heterocycles. The highest BCUT2D eigenvalue weighted by Crippen LogP contribution is 2.32. The molecule has 1 aromatic rings. The van der Waals surface area contributed by atoms with Crippen LogP contribution in [0.25, 0.3) is 6.08 Å². The lowest BCUT2D eigenvalue weighted by Gasteiger charge is -2.38. The number of hydrogen-bond donors (Lipinski definition) is 0. The van der Waals surface area contributed by atoms with Gasteiger partial charge in [0.1, 0.15) is 6.10 Å². The Balaban J connectivity index is 1.64. The monoisotopic (exact) mass is 319 g/mol. The second-order valence-electron chi connectivity index (χ2n) is 5.52. The van der Waals surface area contributed by atoms with Crippen LogP contribution in [0.3, 0.4) is 0 Å². The first-order valence-electron chi connectivity index (χ1n) is 7.66. The van der Waals surface area contributed by atoms with Crippen molar-refractivity contribution in [3.05, 3.63) is 41.1 Å². The van der Waals surface area contributed by atoms with Gasteiger partial charge in [-0.3, -0.25) is 4.79 Å². The van der Waals surface area contributed by atoms with E-state index in [1.807, 2.05) is 28.5 Å². The van der Waals surface area contributed by atoms with Crippen LogP contribution in [-0.2, 0) is 14.3 Å². The largest absolute Gasteiger partial charge is 0.372 e. The summed E-state index contributed by atoms with van der Waals surface area (Å²) in [6.45, 7) is 5.44. The smallest absolute Gasteiger partial charge is 0.247 e. The van der Waals surface area contributed by atoms with Gasteiger partial charge in [0.2, 0.25) is 5.91 Å². The molecule has 1 aliphatic carbocycles. The molecular formula is C17H21NO3S. The minimum Gasteiger partial charge on any atom is -0.372 e. The lowest BCUT2D eigenvalue weighted by Crippen LogP contribution is -2.53. The van der Waals surface area contributed by atoms with Crippen molar-refractivity contribution in [2.45, 2.75) is 31.1 Å². The summed E-state index contributed by atoms with van der Waals surface area (Å²) < 4.78 is 11.6. The molecule has 2 fully saturated rings. The molecule has 0 radical (unpaired) electrons. The summed E-state index contributed by atoms with van der Waals surface area (Å²) in [5.74, 6) is 0.0658. The van der Waals surface area contributed by atoms with Crippen molar-refractivity contribution in [1.82, 2.24) is 4.90 Å². The number of thiophene rings is 1. The first kappa shape index (κ1) is 15.5. The summed E-state index contributed by atoms with van der Waals surface area (Å²) in [4.78, 5) is 15.5. The first-order chi connectivity index (χ1) is 10.8. The van der Waals surface area contributed by atoms with Crippen LogP contribution in [0.4, 0.5) is 0 Å². The molecule has 0 N–H and O–H groups in total. The molecule has 1 amide bonds. The fourth-order valence-electron chi connectivity index (χ4n) is 3.19. The van der Waals surface area contributed by atoms with Crippen molar-refractivity contribution >= 4 is 23.3 Å². The number of ether oxygens (including phenoxy) is 2. The molecular weight excluding hydrogens is 298 g/mol. The van der Waals surface area contributed by atoms with Crippen molar-refractivity contribution in [2.24, 2.45) is 0 Å². The zero-order chi connectivity index (χ0) is 15.4. The van der Waals surface area contributed by atoms with Gasteiger partial charge in [0.15, 0.2) is 0 Å². The maximum absolute atomic E-state index is 12.5. The Bertz CT molecular complexity index is 540. The molecule has 22 heavy (non-hydrogen) atoms. The number of rotatable bonds is 5. The summed E-state index contributed by atoms with van der Waals surface area (Å²) >= 11 is 1.63. The lowest BCUT2D eigenvalue weighted by atomic mass is 10.1. The molecule has 2 aliphatic rings. The van der Waals surface area contributed by atoms with Crippen LogP contribution in [0, 0.1) is 0 Å². The van der Waals surface area contributed by atoms with E-state index >= 15 is 0 Å². The Morgan fingerprint density at radius 1 is 1.55 bits per heavy atom. The lowest BCUT2D eigenvalue weighted by molar-refractivity contribution is -0.146. The standard InChI is InChI=1S/C17H21NO3S/c1-2-10-20-15-7-6-14-17(15)21-11-9-18(14)16(19)8-5-13-4-3-12-22-13/h2-5,8,12,14-15,17H,1,6-7,9-11H2/b8-5+/t14-,15-,17+/m1/s1. The number of carbonyl (C=O) groups is 1. The minimum absolute atomic E-state index is 0.00668. The fraction of sp³-hybridized carbons (Fsp3) is 0.471. The number of amides is 1. The van der Waals surface area contributed by atoms with E-state index in [0.717, 1.165) is 17.7 Å². The maximum atomic E-state index is 12.5. The summed E-state index contributed by atoms with van der Waals surface area (Å²) in [5, 5.41) is 2.01. The van der Waals surface area contributed by atoms with Crippen LogP contribution in [0.15, 0.2) is 36.2 Å². The van der Waals surface area contributed by atoms with E-state index < -0.39 is 0 Å². The highest BCUT2D eigenvalue weighted by molar-refractivity contribution is 7.10. The highest BCUT2D eigenvalue weighted by atomic mass is 32.1. The topological polar surface area (TPSA) is 38.8 Å². The zero-order valence-corrected chi connectivity index (χ0v) is 13.3. The van der Waals surface area contributed by atoms with Gasteiger partial charge < -0.3 is 14.4 Å². The highest BCUT2D eigenvalue weighted by Gasteiger charge is 2.44. The Kier molecular flexibility index (Phi) is 5.08. The third-order valence-electron chi connectivity index (χ3n) is 4.18. The van der Waals surface area contributed by atoms with E-state index in [2.05, 4.69) is 6.58 Å². The number of nitrogens with zero attached hydrogens (tertiary/aromatic N) is 1. The average Bonchev–Trinajstić information content (AvgIpc) is 3.19.